The summed E-state index contributed by atoms with van der Waals surface area (Å²) in [5.41, 5.74) is 2.58. The van der Waals surface area contributed by atoms with Gasteiger partial charge < -0.3 is 19.4 Å². The number of piperidine rings is 1. The van der Waals surface area contributed by atoms with Crippen LogP contribution in [0.5, 0.6) is 0 Å². The number of benzene rings is 2. The molecule has 6 heteroatoms. The third-order valence-corrected chi connectivity index (χ3v) is 9.44. The summed E-state index contributed by atoms with van der Waals surface area (Å²) in [5.74, 6) is 0.439. The largest absolute Gasteiger partial charge is 0.469 e. The van der Waals surface area contributed by atoms with Crippen LogP contribution in [0.15, 0.2) is 48.5 Å². The predicted octanol–water partition coefficient (Wildman–Crippen LogP) is 6.08. The molecule has 0 bridgehead atoms. The lowest BCUT2D eigenvalue weighted by atomic mass is 9.63. The third-order valence-electron chi connectivity index (χ3n) is 9.44. The Balaban J connectivity index is 1.27. The van der Waals surface area contributed by atoms with Crippen molar-refractivity contribution in [2.75, 3.05) is 44.7 Å². The van der Waals surface area contributed by atoms with Gasteiger partial charge in [-0.2, -0.15) is 0 Å². The molecule has 0 N–H and O–H groups in total. The molecule has 3 fully saturated rings. The lowest BCUT2D eigenvalue weighted by Gasteiger charge is -2.46. The molecular weight excluding hydrogens is 477 g/mol. The Morgan fingerprint density at radius 2 is 1.84 bits per heavy atom. The Morgan fingerprint density at radius 1 is 1.11 bits per heavy atom. The highest BCUT2D eigenvalue weighted by atomic mass is 19.1. The van der Waals surface area contributed by atoms with Gasteiger partial charge in [0.05, 0.1) is 7.11 Å². The zero-order chi connectivity index (χ0) is 26.7. The summed E-state index contributed by atoms with van der Waals surface area (Å²) in [6.45, 7) is 15.8. The number of likely N-dealkylation sites (tertiary alicyclic amines) is 1. The summed E-state index contributed by atoms with van der Waals surface area (Å²) in [6, 6.07) is 15.5. The number of rotatable bonds is 8. The Morgan fingerprint density at radius 3 is 2.50 bits per heavy atom. The van der Waals surface area contributed by atoms with E-state index < -0.39 is 5.54 Å². The fourth-order valence-corrected chi connectivity index (χ4v) is 7.46. The Kier molecular flexibility index (Phi) is 8.04. The van der Waals surface area contributed by atoms with Gasteiger partial charge in [-0.3, -0.25) is 4.79 Å². The first-order chi connectivity index (χ1) is 18.4. The second-order valence-corrected chi connectivity index (χ2v) is 11.7. The maximum atomic E-state index is 14.5. The van der Waals surface area contributed by atoms with E-state index in [-0.39, 0.29) is 29.5 Å². The van der Waals surface area contributed by atoms with Crippen LogP contribution in [-0.4, -0.2) is 50.7 Å². The molecule has 38 heavy (non-hydrogen) atoms. The normalized spacial score (nSPS) is 24.4. The summed E-state index contributed by atoms with van der Waals surface area (Å²) >= 11 is 0. The first kappa shape index (κ1) is 26.7. The van der Waals surface area contributed by atoms with Crippen molar-refractivity contribution in [3.8, 4) is 0 Å². The standard InChI is InChI=1S/C32H40FN3O2/c1-23-10-12-29(13-11-23)36-21-24(22-36)20-35-16-14-26(15-17-35)32(34-2,27-7-5-8-28(33)19-27)30-9-4-6-25(30)18-31(37)38-3/h5,7-8,10-13,19,24-26,30H,4,6,9,14-18,20-22H2,1,3H3/t25-,30+,32-/m1/s1. The van der Waals surface area contributed by atoms with Crippen LogP contribution in [0.25, 0.3) is 4.85 Å². The van der Waals surface area contributed by atoms with E-state index in [1.165, 1.54) is 24.4 Å². The lowest BCUT2D eigenvalue weighted by molar-refractivity contribution is -0.142. The molecule has 0 spiro atoms. The molecule has 0 radical (unpaired) electrons. The number of nitrogens with zero attached hydrogens (tertiary/aromatic N) is 3. The van der Waals surface area contributed by atoms with Gasteiger partial charge in [0.25, 0.3) is 5.54 Å². The summed E-state index contributed by atoms with van der Waals surface area (Å²) in [7, 11) is 1.43. The van der Waals surface area contributed by atoms with E-state index in [0.717, 1.165) is 70.4 Å². The van der Waals surface area contributed by atoms with Crippen LogP contribution in [0, 0.1) is 43.0 Å². The minimum Gasteiger partial charge on any atom is -0.469 e. The van der Waals surface area contributed by atoms with Crippen molar-refractivity contribution >= 4 is 11.7 Å². The SMILES string of the molecule is [C-]#[N+][C@@](c1cccc(F)c1)(C1CCN(CC2CN(c3ccc(C)cc3)C2)CC1)[C@H]1CCC[C@@H]1CC(=O)OC. The van der Waals surface area contributed by atoms with Crippen molar-refractivity contribution in [2.45, 2.75) is 51.0 Å². The lowest BCUT2D eigenvalue weighted by Crippen LogP contribution is -2.53. The number of methoxy groups -OCH3 is 1. The molecule has 2 saturated heterocycles. The smallest absolute Gasteiger partial charge is 0.305 e. The molecule has 3 aliphatic rings. The average molecular weight is 518 g/mol. The highest BCUT2D eigenvalue weighted by Crippen LogP contribution is 2.54. The highest BCUT2D eigenvalue weighted by Gasteiger charge is 2.57. The fraction of sp³-hybridized carbons (Fsp3) is 0.562. The molecule has 202 valence electrons. The van der Waals surface area contributed by atoms with Crippen LogP contribution in [0.2, 0.25) is 0 Å². The number of hydrogen-bond donors (Lipinski definition) is 0. The number of anilines is 1. The monoisotopic (exact) mass is 517 g/mol. The minimum atomic E-state index is -0.803. The van der Waals surface area contributed by atoms with Crippen LogP contribution in [0.1, 0.15) is 49.7 Å². The van der Waals surface area contributed by atoms with Crippen LogP contribution in [0.4, 0.5) is 10.1 Å². The highest BCUT2D eigenvalue weighted by molar-refractivity contribution is 5.69. The molecule has 2 aromatic rings. The molecule has 0 unspecified atom stereocenters. The number of aryl methyl sites for hydroxylation is 1. The van der Waals surface area contributed by atoms with E-state index in [1.807, 2.05) is 6.07 Å². The zero-order valence-corrected chi connectivity index (χ0v) is 22.7. The first-order valence-corrected chi connectivity index (χ1v) is 14.2. The molecule has 0 amide bonds. The quantitative estimate of drug-likeness (QED) is 0.314. The average Bonchev–Trinajstić information content (AvgIpc) is 3.36. The molecular formula is C32H40FN3O2. The number of ether oxygens (including phenoxy) is 1. The Hall–Kier alpha value is -2.91. The van der Waals surface area contributed by atoms with Gasteiger partial charge in [0, 0.05) is 55.1 Å². The van der Waals surface area contributed by atoms with Gasteiger partial charge in [0.2, 0.25) is 0 Å². The van der Waals surface area contributed by atoms with E-state index in [4.69, 9.17) is 11.3 Å². The van der Waals surface area contributed by atoms with Crippen molar-refractivity contribution in [1.82, 2.24) is 4.90 Å². The number of hydrogen-bond acceptors (Lipinski definition) is 4. The number of esters is 1. The van der Waals surface area contributed by atoms with Crippen molar-refractivity contribution in [3.05, 3.63) is 76.9 Å². The molecule has 5 nitrogen and oxygen atoms in total. The molecule has 1 saturated carbocycles. The van der Waals surface area contributed by atoms with E-state index >= 15 is 0 Å². The van der Waals surface area contributed by atoms with E-state index in [1.54, 1.807) is 12.1 Å². The van der Waals surface area contributed by atoms with Gasteiger partial charge in [-0.05, 0) is 75.9 Å². The maximum absolute atomic E-state index is 14.5. The molecule has 2 heterocycles. The molecule has 1 aliphatic carbocycles. The van der Waals surface area contributed by atoms with E-state index in [2.05, 4.69) is 45.8 Å². The summed E-state index contributed by atoms with van der Waals surface area (Å²) in [6.07, 6.45) is 5.01. The van der Waals surface area contributed by atoms with Crippen molar-refractivity contribution in [2.24, 2.45) is 23.7 Å². The van der Waals surface area contributed by atoms with Gasteiger partial charge >= 0.3 is 5.97 Å². The van der Waals surface area contributed by atoms with E-state index in [0.29, 0.717) is 12.3 Å². The second-order valence-electron chi connectivity index (χ2n) is 11.7. The van der Waals surface area contributed by atoms with E-state index in [9.17, 15) is 9.18 Å². The molecule has 0 aromatic heterocycles. The number of halogens is 1. The van der Waals surface area contributed by atoms with Crippen molar-refractivity contribution in [3.63, 3.8) is 0 Å². The van der Waals surface area contributed by atoms with Gasteiger partial charge in [-0.15, -0.1) is 0 Å². The fourth-order valence-electron chi connectivity index (χ4n) is 7.46. The summed E-state index contributed by atoms with van der Waals surface area (Å²) < 4.78 is 19.5. The number of carbonyl (C=O) groups excluding carboxylic acids is 1. The molecule has 3 atom stereocenters. The van der Waals surface area contributed by atoms with Gasteiger partial charge in [0.1, 0.15) is 5.82 Å². The van der Waals surface area contributed by atoms with Crippen LogP contribution < -0.4 is 4.90 Å². The van der Waals surface area contributed by atoms with Gasteiger partial charge in [-0.1, -0.05) is 36.2 Å². The first-order valence-electron chi connectivity index (χ1n) is 14.2. The summed E-state index contributed by atoms with van der Waals surface area (Å²) in [4.78, 5) is 21.6. The predicted molar refractivity (Wildman–Crippen MR) is 148 cm³/mol. The molecule has 2 aromatic carbocycles. The Bertz CT molecular complexity index is 1150. The number of carbonyl (C=O) groups is 1. The van der Waals surface area contributed by atoms with Gasteiger partial charge in [-0.25, -0.2) is 11.0 Å². The minimum absolute atomic E-state index is 0.0344. The topological polar surface area (TPSA) is 37.1 Å². The molecule has 2 aliphatic heterocycles. The van der Waals surface area contributed by atoms with Crippen LogP contribution in [-0.2, 0) is 15.1 Å². The van der Waals surface area contributed by atoms with Crippen molar-refractivity contribution < 1.29 is 13.9 Å². The van der Waals surface area contributed by atoms with Crippen molar-refractivity contribution in [1.29, 1.82) is 0 Å². The molecule has 5 rings (SSSR count). The Labute approximate surface area is 226 Å². The third kappa shape index (κ3) is 5.31. The van der Waals surface area contributed by atoms with Gasteiger partial charge in [0.15, 0.2) is 0 Å². The summed E-state index contributed by atoms with van der Waals surface area (Å²) in [5, 5.41) is 0. The maximum Gasteiger partial charge on any atom is 0.305 e. The van der Waals surface area contributed by atoms with Crippen LogP contribution in [0.3, 0.4) is 0 Å². The van der Waals surface area contributed by atoms with Crippen LogP contribution >= 0.6 is 0 Å². The second kappa shape index (κ2) is 11.5. The zero-order valence-electron chi connectivity index (χ0n) is 22.7.